The Morgan fingerprint density at radius 2 is 1.40 bits per heavy atom. The van der Waals surface area contributed by atoms with E-state index in [-0.39, 0.29) is 12.8 Å². The molecule has 0 aromatic heterocycles. The van der Waals surface area contributed by atoms with Gasteiger partial charge in [0.2, 0.25) is 0 Å². The number of carboxylic acid groups (broad SMARTS) is 1. The van der Waals surface area contributed by atoms with Crippen molar-refractivity contribution in [3.8, 4) is 0 Å². The molecule has 1 aliphatic carbocycles. The number of aliphatic carboxylic acids is 1. The molecule has 1 rings (SSSR count). The van der Waals surface area contributed by atoms with E-state index in [9.17, 15) is 19.5 Å². The minimum absolute atomic E-state index is 0.0548. The fourth-order valence-corrected chi connectivity index (χ4v) is 3.10. The molecule has 0 aromatic carbocycles. The zero-order chi connectivity index (χ0) is 15.7. The van der Waals surface area contributed by atoms with Gasteiger partial charge in [0.1, 0.15) is 11.0 Å². The summed E-state index contributed by atoms with van der Waals surface area (Å²) in [6.45, 7) is 2.85. The maximum absolute atomic E-state index is 12.5. The summed E-state index contributed by atoms with van der Waals surface area (Å²) in [5.74, 6) is -2.63. The fourth-order valence-electron chi connectivity index (χ4n) is 3.10. The lowest BCUT2D eigenvalue weighted by molar-refractivity contribution is -0.165. The van der Waals surface area contributed by atoms with Crippen LogP contribution in [0.1, 0.15) is 39.5 Å². The van der Waals surface area contributed by atoms with Gasteiger partial charge >= 0.3 is 5.97 Å². The zero-order valence-corrected chi connectivity index (χ0v) is 11.9. The van der Waals surface area contributed by atoms with Crippen molar-refractivity contribution in [1.82, 2.24) is 0 Å². The van der Waals surface area contributed by atoms with Crippen LogP contribution in [0.4, 0.5) is 0 Å². The van der Waals surface area contributed by atoms with Crippen molar-refractivity contribution in [3.05, 3.63) is 0 Å². The van der Waals surface area contributed by atoms with Crippen LogP contribution in [0.25, 0.3) is 0 Å². The van der Waals surface area contributed by atoms with Gasteiger partial charge in [0, 0.05) is 0 Å². The Kier molecular flexibility index (Phi) is 4.68. The second-order valence-corrected chi connectivity index (χ2v) is 5.69. The lowest BCUT2D eigenvalue weighted by atomic mass is 9.55. The van der Waals surface area contributed by atoms with Gasteiger partial charge in [-0.2, -0.15) is 0 Å². The monoisotopic (exact) mass is 285 g/mol. The average molecular weight is 285 g/mol. The molecule has 7 heteroatoms. The molecule has 0 bridgehead atoms. The molecule has 1 aliphatic rings. The van der Waals surface area contributed by atoms with Gasteiger partial charge in [-0.25, -0.2) is 0 Å². The van der Waals surface area contributed by atoms with E-state index >= 15 is 0 Å². The van der Waals surface area contributed by atoms with Gasteiger partial charge in [0.15, 0.2) is 11.6 Å². The molecular weight excluding hydrogens is 262 g/mol. The predicted molar refractivity (Wildman–Crippen MR) is 72.8 cm³/mol. The largest absolute Gasteiger partial charge is 0.480 e. The van der Waals surface area contributed by atoms with Crippen LogP contribution in [0, 0.1) is 5.41 Å². The van der Waals surface area contributed by atoms with Crippen molar-refractivity contribution < 1.29 is 19.5 Å². The van der Waals surface area contributed by atoms with Gasteiger partial charge in [-0.05, 0) is 26.7 Å². The molecule has 0 radical (unpaired) electrons. The molecule has 1 saturated carbocycles. The Labute approximate surface area is 117 Å². The molecule has 3 unspecified atom stereocenters. The van der Waals surface area contributed by atoms with Crippen molar-refractivity contribution in [3.63, 3.8) is 0 Å². The van der Waals surface area contributed by atoms with Crippen LogP contribution in [0.5, 0.6) is 0 Å². The molecule has 1 fully saturated rings. The highest BCUT2D eigenvalue weighted by atomic mass is 16.4. The first-order valence-electron chi connectivity index (χ1n) is 6.73. The van der Waals surface area contributed by atoms with E-state index in [0.29, 0.717) is 12.8 Å². The molecule has 7 N–H and O–H groups in total. The summed E-state index contributed by atoms with van der Waals surface area (Å²) in [4.78, 5) is 36.7. The highest BCUT2D eigenvalue weighted by Gasteiger charge is 2.64. The highest BCUT2D eigenvalue weighted by molar-refractivity contribution is 6.15. The van der Waals surface area contributed by atoms with Gasteiger partial charge in [0.25, 0.3) is 0 Å². The molecule has 0 saturated heterocycles. The summed E-state index contributed by atoms with van der Waals surface area (Å²) in [7, 11) is 0. The molecule has 0 spiro atoms. The van der Waals surface area contributed by atoms with E-state index in [1.54, 1.807) is 0 Å². The Morgan fingerprint density at radius 3 is 1.75 bits per heavy atom. The third kappa shape index (κ3) is 2.25. The normalized spacial score (nSPS) is 33.2. The first-order valence-corrected chi connectivity index (χ1v) is 6.73. The standard InChI is InChI=1S/C13H23N3O4/c1-7(14)9(17)12(10(18)8(2)15)5-3-4-6-13(12,16)11(19)20/h7-8H,3-6,14-16H2,1-2H3,(H,19,20). The lowest BCUT2D eigenvalue weighted by Gasteiger charge is -2.47. The average Bonchev–Trinajstić information content (AvgIpc) is 2.37. The highest BCUT2D eigenvalue weighted by Crippen LogP contribution is 2.45. The minimum atomic E-state index is -1.94. The summed E-state index contributed by atoms with van der Waals surface area (Å²) >= 11 is 0. The van der Waals surface area contributed by atoms with Crippen molar-refractivity contribution in [2.75, 3.05) is 0 Å². The van der Waals surface area contributed by atoms with Crippen molar-refractivity contribution in [2.24, 2.45) is 22.6 Å². The van der Waals surface area contributed by atoms with Crippen LogP contribution in [-0.4, -0.2) is 40.3 Å². The van der Waals surface area contributed by atoms with Gasteiger partial charge < -0.3 is 22.3 Å². The Bertz CT molecular complexity index is 413. The van der Waals surface area contributed by atoms with E-state index in [1.165, 1.54) is 13.8 Å². The van der Waals surface area contributed by atoms with E-state index < -0.39 is 40.6 Å². The van der Waals surface area contributed by atoms with Crippen LogP contribution in [0.3, 0.4) is 0 Å². The molecule has 0 heterocycles. The zero-order valence-electron chi connectivity index (χ0n) is 11.9. The summed E-state index contributed by atoms with van der Waals surface area (Å²) in [6.07, 6.45) is 1.22. The SMILES string of the molecule is CC(N)C(=O)C1(C(=O)C(C)N)CCCCC1(N)C(=O)O. The number of nitrogens with two attached hydrogens (primary N) is 3. The maximum atomic E-state index is 12.5. The summed E-state index contributed by atoms with van der Waals surface area (Å²) in [5, 5.41) is 9.48. The number of rotatable bonds is 5. The quantitative estimate of drug-likeness (QED) is 0.481. The maximum Gasteiger partial charge on any atom is 0.325 e. The Balaban J connectivity index is 3.52. The third-order valence-electron chi connectivity index (χ3n) is 4.18. The van der Waals surface area contributed by atoms with E-state index in [2.05, 4.69) is 0 Å². The number of carbonyl (C=O) groups is 3. The summed E-state index contributed by atoms with van der Waals surface area (Å²) in [6, 6.07) is -1.95. The number of Topliss-reactive ketones (excluding diaryl/α,β-unsaturated/α-hetero) is 2. The summed E-state index contributed by atoms with van der Waals surface area (Å²) in [5.41, 5.74) is 13.5. The van der Waals surface area contributed by atoms with Crippen LogP contribution in [-0.2, 0) is 14.4 Å². The number of ketones is 2. The van der Waals surface area contributed by atoms with Gasteiger partial charge in [-0.3, -0.25) is 14.4 Å². The second kappa shape index (κ2) is 5.59. The van der Waals surface area contributed by atoms with Gasteiger partial charge in [0.05, 0.1) is 12.1 Å². The van der Waals surface area contributed by atoms with Crippen molar-refractivity contribution >= 4 is 17.5 Å². The van der Waals surface area contributed by atoms with Crippen LogP contribution in [0.15, 0.2) is 0 Å². The third-order valence-corrected chi connectivity index (χ3v) is 4.18. The van der Waals surface area contributed by atoms with Crippen LogP contribution >= 0.6 is 0 Å². The van der Waals surface area contributed by atoms with Crippen molar-refractivity contribution in [1.29, 1.82) is 0 Å². The first kappa shape index (κ1) is 16.7. The Hall–Kier alpha value is -1.31. The lowest BCUT2D eigenvalue weighted by Crippen LogP contribution is -2.72. The van der Waals surface area contributed by atoms with Gasteiger partial charge in [-0.1, -0.05) is 12.8 Å². The molecule has 0 amide bonds. The molecule has 20 heavy (non-hydrogen) atoms. The van der Waals surface area contributed by atoms with Crippen LogP contribution < -0.4 is 17.2 Å². The molecular formula is C13H23N3O4. The second-order valence-electron chi connectivity index (χ2n) is 5.69. The molecule has 114 valence electrons. The molecule has 0 aliphatic heterocycles. The fraction of sp³-hybridized carbons (Fsp3) is 0.769. The van der Waals surface area contributed by atoms with E-state index in [1.807, 2.05) is 0 Å². The number of carboxylic acids is 1. The summed E-state index contributed by atoms with van der Waals surface area (Å²) < 4.78 is 0. The van der Waals surface area contributed by atoms with Crippen molar-refractivity contribution in [2.45, 2.75) is 57.2 Å². The van der Waals surface area contributed by atoms with Gasteiger partial charge in [-0.15, -0.1) is 0 Å². The predicted octanol–water partition coefficient (Wildman–Crippen LogP) is -0.838. The first-order chi connectivity index (χ1) is 9.11. The topological polar surface area (TPSA) is 150 Å². The minimum Gasteiger partial charge on any atom is -0.480 e. The molecule has 7 nitrogen and oxygen atoms in total. The number of hydrogen-bond acceptors (Lipinski definition) is 6. The smallest absolute Gasteiger partial charge is 0.325 e. The van der Waals surface area contributed by atoms with Crippen LogP contribution in [0.2, 0.25) is 0 Å². The molecule has 0 aromatic rings. The number of carbonyl (C=O) groups excluding carboxylic acids is 2. The number of hydrogen-bond donors (Lipinski definition) is 4. The van der Waals surface area contributed by atoms with E-state index in [4.69, 9.17) is 17.2 Å². The van der Waals surface area contributed by atoms with E-state index in [0.717, 1.165) is 0 Å². The Morgan fingerprint density at radius 1 is 1.00 bits per heavy atom. The molecule has 3 atom stereocenters.